The average Bonchev–Trinajstić information content (AvgIpc) is 3.47. The molecule has 5 heteroatoms. The van der Waals surface area contributed by atoms with Crippen molar-refractivity contribution in [1.82, 2.24) is 14.5 Å². The zero-order valence-electron chi connectivity index (χ0n) is 23.7. The summed E-state index contributed by atoms with van der Waals surface area (Å²) in [5, 5.41) is 14.9. The SMILES string of the molecule is Cc1[c-]c(-c2nccc3c2ccc2c(C)cccc23)cc(C)c1.Oc1ccccc1-c1nccn1-c1ccccc1.[Ir]. The Labute approximate surface area is 259 Å². The van der Waals surface area contributed by atoms with Crippen LogP contribution in [0.3, 0.4) is 0 Å². The smallest absolute Gasteiger partial charge is 0.148 e. The van der Waals surface area contributed by atoms with E-state index in [0.29, 0.717) is 0 Å². The molecule has 209 valence electrons. The van der Waals surface area contributed by atoms with Gasteiger partial charge in [0.1, 0.15) is 11.6 Å². The molecule has 2 aromatic heterocycles. The number of phenols is 1. The van der Waals surface area contributed by atoms with Crippen LogP contribution in [0.25, 0.3) is 49.9 Å². The number of phenolic OH excluding ortho intramolecular Hbond substituents is 1. The molecule has 0 atom stereocenters. The number of aromatic nitrogens is 3. The number of pyridine rings is 1. The van der Waals surface area contributed by atoms with Crippen LogP contribution in [0, 0.1) is 26.8 Å². The molecule has 0 aliphatic heterocycles. The fourth-order valence-electron chi connectivity index (χ4n) is 5.38. The van der Waals surface area contributed by atoms with Gasteiger partial charge in [0, 0.05) is 44.4 Å². The fraction of sp³-hybridized carbons (Fsp3) is 0.0811. The summed E-state index contributed by atoms with van der Waals surface area (Å²) in [6.45, 7) is 6.36. The Hall–Kier alpha value is -4.57. The normalized spacial score (nSPS) is 10.6. The van der Waals surface area contributed by atoms with Crippen LogP contribution in [0.4, 0.5) is 0 Å². The number of para-hydroxylation sites is 2. The maximum absolute atomic E-state index is 9.90. The molecule has 0 amide bonds. The molecule has 0 unspecified atom stereocenters. The largest absolute Gasteiger partial charge is 0.507 e. The quantitative estimate of drug-likeness (QED) is 0.146. The van der Waals surface area contributed by atoms with Crippen molar-refractivity contribution in [3.63, 3.8) is 0 Å². The van der Waals surface area contributed by atoms with Gasteiger partial charge in [0.25, 0.3) is 0 Å². The Kier molecular flexibility index (Phi) is 8.63. The van der Waals surface area contributed by atoms with Gasteiger partial charge in [-0.15, -0.1) is 34.9 Å². The predicted octanol–water partition coefficient (Wildman–Crippen LogP) is 9.02. The molecule has 7 rings (SSSR count). The van der Waals surface area contributed by atoms with Gasteiger partial charge in [0.15, 0.2) is 0 Å². The van der Waals surface area contributed by atoms with Crippen molar-refractivity contribution >= 4 is 21.5 Å². The number of benzene rings is 5. The third-order valence-corrected chi connectivity index (χ3v) is 7.24. The monoisotopic (exact) mass is 725 g/mol. The van der Waals surface area contributed by atoms with Gasteiger partial charge >= 0.3 is 0 Å². The molecule has 1 N–H and O–H groups in total. The molecule has 1 radical (unpaired) electrons. The summed E-state index contributed by atoms with van der Waals surface area (Å²) in [7, 11) is 0. The summed E-state index contributed by atoms with van der Waals surface area (Å²) in [6.07, 6.45) is 5.52. The van der Waals surface area contributed by atoms with Crippen molar-refractivity contribution in [1.29, 1.82) is 0 Å². The van der Waals surface area contributed by atoms with Gasteiger partial charge in [0.05, 0.1) is 5.56 Å². The molecule has 0 aliphatic rings. The Morgan fingerprint density at radius 1 is 0.667 bits per heavy atom. The topological polar surface area (TPSA) is 50.9 Å². The van der Waals surface area contributed by atoms with Gasteiger partial charge in [-0.05, 0) is 70.1 Å². The number of aryl methyl sites for hydroxylation is 3. The first-order chi connectivity index (χ1) is 20.0. The van der Waals surface area contributed by atoms with E-state index >= 15 is 0 Å². The third kappa shape index (κ3) is 5.75. The van der Waals surface area contributed by atoms with Crippen LogP contribution in [0.15, 0.2) is 122 Å². The van der Waals surface area contributed by atoms with Crippen LogP contribution in [0.5, 0.6) is 5.75 Å². The molecule has 42 heavy (non-hydrogen) atoms. The third-order valence-electron chi connectivity index (χ3n) is 7.24. The zero-order valence-corrected chi connectivity index (χ0v) is 26.1. The number of aromatic hydroxyl groups is 1. The predicted molar refractivity (Wildman–Crippen MR) is 168 cm³/mol. The maximum atomic E-state index is 9.90. The molecular weight excluding hydrogens is 695 g/mol. The second-order valence-electron chi connectivity index (χ2n) is 10.2. The second-order valence-corrected chi connectivity index (χ2v) is 10.2. The van der Waals surface area contributed by atoms with Crippen molar-refractivity contribution in [3.8, 4) is 34.1 Å². The molecule has 4 nitrogen and oxygen atoms in total. The molecule has 0 saturated carbocycles. The summed E-state index contributed by atoms with van der Waals surface area (Å²) in [5.41, 5.74) is 7.53. The first kappa shape index (κ1) is 28.9. The van der Waals surface area contributed by atoms with Gasteiger partial charge in [-0.2, -0.15) is 0 Å². The van der Waals surface area contributed by atoms with Crippen LogP contribution in [0.2, 0.25) is 0 Å². The minimum Gasteiger partial charge on any atom is -0.507 e. The molecular formula is C37H30IrN3O-. The van der Waals surface area contributed by atoms with E-state index in [4.69, 9.17) is 0 Å². The van der Waals surface area contributed by atoms with Crippen LogP contribution < -0.4 is 0 Å². The maximum Gasteiger partial charge on any atom is 0.148 e. The number of hydrogen-bond donors (Lipinski definition) is 1. The van der Waals surface area contributed by atoms with Gasteiger partial charge < -0.3 is 10.1 Å². The van der Waals surface area contributed by atoms with Crippen molar-refractivity contribution in [3.05, 3.63) is 144 Å². The van der Waals surface area contributed by atoms with E-state index in [0.717, 1.165) is 33.9 Å². The number of hydrogen-bond acceptors (Lipinski definition) is 3. The Morgan fingerprint density at radius 3 is 2.19 bits per heavy atom. The molecule has 5 aromatic carbocycles. The number of nitrogens with zero attached hydrogens (tertiary/aromatic N) is 3. The number of imidazole rings is 1. The van der Waals surface area contributed by atoms with Crippen LogP contribution in [-0.4, -0.2) is 19.6 Å². The number of fused-ring (bicyclic) bond motifs is 3. The van der Waals surface area contributed by atoms with Gasteiger partial charge in [-0.25, -0.2) is 4.98 Å². The van der Waals surface area contributed by atoms with Gasteiger partial charge in [-0.3, -0.25) is 4.57 Å². The van der Waals surface area contributed by atoms with E-state index in [1.54, 1.807) is 18.3 Å². The van der Waals surface area contributed by atoms with Crippen LogP contribution in [-0.2, 0) is 20.1 Å². The molecule has 2 heterocycles. The number of rotatable bonds is 3. The van der Waals surface area contributed by atoms with Crippen LogP contribution >= 0.6 is 0 Å². The standard InChI is InChI=1S/C22H18N.C15H12N2O.Ir/c1-14-11-15(2)13-17(12-14)22-21-8-7-18-16(3)5-4-6-19(18)20(21)9-10-23-22;18-14-9-5-4-8-13(14)15-16-10-11-17(15)12-6-2-1-3-7-12;/h4-12H,1-3H3;1-11,18H;/q-1;;. The molecule has 0 spiro atoms. The molecule has 7 aromatic rings. The Morgan fingerprint density at radius 2 is 1.40 bits per heavy atom. The summed E-state index contributed by atoms with van der Waals surface area (Å²) in [4.78, 5) is 8.98. The average molecular weight is 725 g/mol. The zero-order chi connectivity index (χ0) is 28.3. The first-order valence-electron chi connectivity index (χ1n) is 13.6. The van der Waals surface area contributed by atoms with Crippen molar-refractivity contribution in [2.24, 2.45) is 0 Å². The second kappa shape index (κ2) is 12.5. The van der Waals surface area contributed by atoms with Crippen molar-refractivity contribution < 1.29 is 25.2 Å². The summed E-state index contributed by atoms with van der Waals surface area (Å²) in [6, 6.07) is 37.9. The van der Waals surface area contributed by atoms with Crippen molar-refractivity contribution in [2.45, 2.75) is 20.8 Å². The fourth-order valence-corrected chi connectivity index (χ4v) is 5.38. The summed E-state index contributed by atoms with van der Waals surface area (Å²) in [5.74, 6) is 0.972. The molecule has 0 aliphatic carbocycles. The summed E-state index contributed by atoms with van der Waals surface area (Å²) < 4.78 is 1.95. The summed E-state index contributed by atoms with van der Waals surface area (Å²) >= 11 is 0. The minimum atomic E-state index is 0. The minimum absolute atomic E-state index is 0. The van der Waals surface area contributed by atoms with E-state index in [-0.39, 0.29) is 25.9 Å². The van der Waals surface area contributed by atoms with E-state index in [9.17, 15) is 5.11 Å². The van der Waals surface area contributed by atoms with E-state index < -0.39 is 0 Å². The molecule has 0 fully saturated rings. The van der Waals surface area contributed by atoms with E-state index in [1.165, 1.54) is 32.7 Å². The Balaban J connectivity index is 0.000000169. The van der Waals surface area contributed by atoms with Gasteiger partial charge in [-0.1, -0.05) is 74.5 Å². The van der Waals surface area contributed by atoms with Crippen LogP contribution in [0.1, 0.15) is 16.7 Å². The van der Waals surface area contributed by atoms with Gasteiger partial charge in [0.2, 0.25) is 0 Å². The van der Waals surface area contributed by atoms with E-state index in [2.05, 4.69) is 85.3 Å². The van der Waals surface area contributed by atoms with E-state index in [1.807, 2.05) is 59.4 Å². The molecule has 0 bridgehead atoms. The molecule has 0 saturated heterocycles. The first-order valence-corrected chi connectivity index (χ1v) is 13.6. The van der Waals surface area contributed by atoms with Crippen molar-refractivity contribution in [2.75, 3.05) is 0 Å². The Bertz CT molecular complexity index is 1980.